The van der Waals surface area contributed by atoms with Gasteiger partial charge in [0.2, 0.25) is 5.91 Å². The zero-order chi connectivity index (χ0) is 13.1. The molecule has 0 bridgehead atoms. The Labute approximate surface area is 104 Å². The molecule has 0 radical (unpaired) electrons. The molecule has 0 unspecified atom stereocenters. The third kappa shape index (κ3) is 3.96. The van der Waals surface area contributed by atoms with Crippen molar-refractivity contribution in [1.29, 1.82) is 0 Å². The van der Waals surface area contributed by atoms with Crippen LogP contribution in [0.25, 0.3) is 0 Å². The summed E-state index contributed by atoms with van der Waals surface area (Å²) in [5.74, 6) is 0.913. The molecule has 0 saturated heterocycles. The van der Waals surface area contributed by atoms with Gasteiger partial charge in [-0.15, -0.1) is 0 Å². The van der Waals surface area contributed by atoms with Crippen LogP contribution < -0.4 is 0 Å². The average molecular weight is 243 g/mol. The highest BCUT2D eigenvalue weighted by Crippen LogP contribution is 2.42. The maximum atomic E-state index is 11.8. The van der Waals surface area contributed by atoms with Crippen molar-refractivity contribution in [2.24, 2.45) is 17.3 Å². The first-order chi connectivity index (χ1) is 7.89. The first-order valence-corrected chi connectivity index (χ1v) is 6.20. The number of methoxy groups -OCH3 is 1. The van der Waals surface area contributed by atoms with Crippen molar-refractivity contribution >= 4 is 5.91 Å². The van der Waals surface area contributed by atoms with Crippen LogP contribution in [0.1, 0.15) is 33.1 Å². The Kier molecular flexibility index (Phi) is 4.95. The Balaban J connectivity index is 2.30. The lowest BCUT2D eigenvalue weighted by molar-refractivity contribution is -0.178. The van der Waals surface area contributed by atoms with Crippen molar-refractivity contribution in [3.8, 4) is 0 Å². The van der Waals surface area contributed by atoms with Crippen LogP contribution in [0.5, 0.6) is 0 Å². The molecule has 0 atom stereocenters. The largest absolute Gasteiger partial charge is 0.384 e. The molecule has 1 aliphatic carbocycles. The van der Waals surface area contributed by atoms with E-state index in [9.17, 15) is 4.79 Å². The molecule has 17 heavy (non-hydrogen) atoms. The molecule has 100 valence electrons. The van der Waals surface area contributed by atoms with Crippen molar-refractivity contribution in [3.63, 3.8) is 0 Å². The van der Waals surface area contributed by atoms with Gasteiger partial charge < -0.3 is 4.74 Å². The van der Waals surface area contributed by atoms with Gasteiger partial charge in [0.25, 0.3) is 0 Å². The molecule has 0 aliphatic heterocycles. The number of carbonyl (C=O) groups excluding carboxylic acids is 1. The highest BCUT2D eigenvalue weighted by atomic mass is 16.7. The van der Waals surface area contributed by atoms with Gasteiger partial charge >= 0.3 is 0 Å². The van der Waals surface area contributed by atoms with Crippen LogP contribution >= 0.6 is 0 Å². The third-order valence-corrected chi connectivity index (χ3v) is 3.55. The molecule has 4 nitrogen and oxygen atoms in total. The Hall–Kier alpha value is -0.610. The van der Waals surface area contributed by atoms with Crippen LogP contribution in [-0.2, 0) is 14.4 Å². The van der Waals surface area contributed by atoms with E-state index >= 15 is 0 Å². The molecule has 0 aromatic carbocycles. The fraction of sp³-hybridized carbons (Fsp3) is 0.923. The minimum atomic E-state index is 0.105. The predicted octanol–water partition coefficient (Wildman–Crippen LogP) is 2.10. The Morgan fingerprint density at radius 2 is 1.94 bits per heavy atom. The summed E-state index contributed by atoms with van der Waals surface area (Å²) in [6.45, 7) is 5.21. The van der Waals surface area contributed by atoms with Gasteiger partial charge in [0, 0.05) is 20.1 Å². The van der Waals surface area contributed by atoms with E-state index in [-0.39, 0.29) is 17.2 Å². The highest BCUT2D eigenvalue weighted by molar-refractivity contribution is 5.78. The first kappa shape index (κ1) is 14.5. The molecule has 0 heterocycles. The second-order valence-corrected chi connectivity index (χ2v) is 5.85. The van der Waals surface area contributed by atoms with Gasteiger partial charge in [-0.05, 0) is 30.6 Å². The quantitative estimate of drug-likeness (QED) is 0.671. The Morgan fingerprint density at radius 1 is 1.35 bits per heavy atom. The molecule has 1 aliphatic rings. The van der Waals surface area contributed by atoms with Gasteiger partial charge in [-0.1, -0.05) is 13.8 Å². The standard InChI is InChI=1S/C13H25NO3/c1-13(2,9-16-4)8-10-6-11(7-10)12(15)14(3)17-5/h10-11H,6-9H2,1-5H3. The van der Waals surface area contributed by atoms with Crippen molar-refractivity contribution in [2.75, 3.05) is 27.9 Å². The fourth-order valence-electron chi connectivity index (χ4n) is 2.68. The Morgan fingerprint density at radius 3 is 2.41 bits per heavy atom. The summed E-state index contributed by atoms with van der Waals surface area (Å²) in [6, 6.07) is 0. The van der Waals surface area contributed by atoms with E-state index in [2.05, 4.69) is 13.8 Å². The zero-order valence-electron chi connectivity index (χ0n) is 11.7. The molecule has 1 fully saturated rings. The van der Waals surface area contributed by atoms with E-state index in [0.29, 0.717) is 5.92 Å². The van der Waals surface area contributed by atoms with E-state index in [0.717, 1.165) is 25.9 Å². The summed E-state index contributed by atoms with van der Waals surface area (Å²) in [4.78, 5) is 16.7. The number of nitrogens with zero attached hydrogens (tertiary/aromatic N) is 1. The van der Waals surface area contributed by atoms with Crippen LogP contribution in [0.3, 0.4) is 0 Å². The summed E-state index contributed by atoms with van der Waals surface area (Å²) >= 11 is 0. The van der Waals surface area contributed by atoms with Gasteiger partial charge in [-0.2, -0.15) is 0 Å². The lowest BCUT2D eigenvalue weighted by atomic mass is 9.67. The Bertz CT molecular complexity index is 259. The zero-order valence-corrected chi connectivity index (χ0v) is 11.7. The van der Waals surface area contributed by atoms with E-state index in [1.807, 2.05) is 0 Å². The fourth-order valence-corrected chi connectivity index (χ4v) is 2.68. The van der Waals surface area contributed by atoms with Gasteiger partial charge in [0.05, 0.1) is 13.7 Å². The molecule has 0 N–H and O–H groups in total. The summed E-state index contributed by atoms with van der Waals surface area (Å²) < 4.78 is 5.21. The lowest BCUT2D eigenvalue weighted by Crippen LogP contribution is -2.41. The van der Waals surface area contributed by atoms with Crippen molar-refractivity contribution < 1.29 is 14.4 Å². The SMILES string of the molecule is COCC(C)(C)CC1CC(C(=O)N(C)OC)C1. The minimum absolute atomic E-state index is 0.105. The van der Waals surface area contributed by atoms with E-state index in [1.165, 1.54) is 12.2 Å². The summed E-state index contributed by atoms with van der Waals surface area (Å²) in [6.07, 6.45) is 3.10. The normalized spacial score (nSPS) is 24.3. The molecular formula is C13H25NO3. The second-order valence-electron chi connectivity index (χ2n) is 5.85. The minimum Gasteiger partial charge on any atom is -0.384 e. The molecule has 1 amide bonds. The summed E-state index contributed by atoms with van der Waals surface area (Å²) in [5.41, 5.74) is 0.209. The molecule has 0 aromatic heterocycles. The number of hydrogen-bond acceptors (Lipinski definition) is 3. The van der Waals surface area contributed by atoms with E-state index in [1.54, 1.807) is 14.2 Å². The van der Waals surface area contributed by atoms with Gasteiger partial charge in [-0.3, -0.25) is 9.63 Å². The van der Waals surface area contributed by atoms with Crippen LogP contribution in [0.4, 0.5) is 0 Å². The smallest absolute Gasteiger partial charge is 0.248 e. The highest BCUT2D eigenvalue weighted by Gasteiger charge is 2.38. The maximum absolute atomic E-state index is 11.8. The number of carbonyl (C=O) groups is 1. The average Bonchev–Trinajstić information content (AvgIpc) is 2.20. The molecule has 1 saturated carbocycles. The topological polar surface area (TPSA) is 38.8 Å². The van der Waals surface area contributed by atoms with Crippen LogP contribution in [-0.4, -0.2) is 38.8 Å². The maximum Gasteiger partial charge on any atom is 0.248 e. The monoisotopic (exact) mass is 243 g/mol. The van der Waals surface area contributed by atoms with Gasteiger partial charge in [0.15, 0.2) is 0 Å². The van der Waals surface area contributed by atoms with Crippen LogP contribution in [0.15, 0.2) is 0 Å². The van der Waals surface area contributed by atoms with Crippen LogP contribution in [0, 0.1) is 17.3 Å². The van der Waals surface area contributed by atoms with Crippen molar-refractivity contribution in [3.05, 3.63) is 0 Å². The van der Waals surface area contributed by atoms with Crippen molar-refractivity contribution in [2.45, 2.75) is 33.1 Å². The molecule has 0 aromatic rings. The molecule has 0 spiro atoms. The number of rotatable bonds is 6. The summed E-state index contributed by atoms with van der Waals surface area (Å²) in [7, 11) is 4.93. The lowest BCUT2D eigenvalue weighted by Gasteiger charge is -2.39. The number of amides is 1. The number of hydroxylamine groups is 2. The number of hydrogen-bond donors (Lipinski definition) is 0. The molecule has 1 rings (SSSR count). The molecular weight excluding hydrogens is 218 g/mol. The van der Waals surface area contributed by atoms with Crippen LogP contribution in [0.2, 0.25) is 0 Å². The van der Waals surface area contributed by atoms with Gasteiger partial charge in [-0.25, -0.2) is 5.06 Å². The predicted molar refractivity (Wildman–Crippen MR) is 66.3 cm³/mol. The second kappa shape index (κ2) is 5.83. The van der Waals surface area contributed by atoms with E-state index in [4.69, 9.17) is 9.57 Å². The molecule has 4 heteroatoms. The van der Waals surface area contributed by atoms with Gasteiger partial charge in [0.1, 0.15) is 0 Å². The summed E-state index contributed by atoms with van der Waals surface area (Å²) in [5, 5.41) is 1.33. The van der Waals surface area contributed by atoms with E-state index < -0.39 is 0 Å². The first-order valence-electron chi connectivity index (χ1n) is 6.20. The third-order valence-electron chi connectivity index (χ3n) is 3.55. The number of ether oxygens (including phenoxy) is 1. The van der Waals surface area contributed by atoms with Crippen molar-refractivity contribution in [1.82, 2.24) is 5.06 Å².